The minimum atomic E-state index is -0.159. The summed E-state index contributed by atoms with van der Waals surface area (Å²) in [4.78, 5) is 25.0. The fourth-order valence-electron chi connectivity index (χ4n) is 1.99. The second kappa shape index (κ2) is 4.01. The van der Waals surface area contributed by atoms with Crippen molar-refractivity contribution in [1.82, 2.24) is 4.90 Å². The van der Waals surface area contributed by atoms with Gasteiger partial charge in [-0.2, -0.15) is 0 Å². The monoisotopic (exact) mass is 243 g/mol. The molecular formula is C10H13NO4S. The van der Waals surface area contributed by atoms with E-state index in [1.807, 2.05) is 6.92 Å². The molecule has 2 fully saturated rings. The average molecular weight is 243 g/mol. The number of β-lactam (4-membered cyclic amide) rings is 1. The summed E-state index contributed by atoms with van der Waals surface area (Å²) in [5.74, 6) is 0.0387. The maximum absolute atomic E-state index is 11.8. The van der Waals surface area contributed by atoms with Gasteiger partial charge in [-0.1, -0.05) is 18.7 Å². The molecule has 0 spiro atoms. The zero-order valence-corrected chi connectivity index (χ0v) is 10.2. The van der Waals surface area contributed by atoms with Gasteiger partial charge in [-0.05, 0) is 6.42 Å². The molecule has 0 N–H and O–H groups in total. The lowest BCUT2D eigenvalue weighted by atomic mass is 9.95. The molecule has 2 atom stereocenters. The van der Waals surface area contributed by atoms with Crippen LogP contribution in [0.15, 0.2) is 11.6 Å². The molecule has 0 aliphatic carbocycles. The number of rotatable bonds is 3. The van der Waals surface area contributed by atoms with Crippen molar-refractivity contribution in [3.8, 4) is 0 Å². The lowest BCUT2D eigenvalue weighted by Gasteiger charge is -2.40. The topological polar surface area (TPSA) is 55.8 Å². The maximum atomic E-state index is 11.8. The molecule has 0 unspecified atom stereocenters. The van der Waals surface area contributed by atoms with Crippen LogP contribution in [0.5, 0.6) is 0 Å². The second-order valence-corrected chi connectivity index (χ2v) is 4.65. The first kappa shape index (κ1) is 11.3. The number of hydrogen-bond acceptors (Lipinski definition) is 5. The molecule has 0 aromatic carbocycles. The number of nitrogens with zero attached hydrogens (tertiary/aromatic N) is 1. The molecule has 1 amide bonds. The Hall–Kier alpha value is -1.17. The van der Waals surface area contributed by atoms with Crippen molar-refractivity contribution in [3.05, 3.63) is 11.6 Å². The van der Waals surface area contributed by atoms with Gasteiger partial charge in [-0.3, -0.25) is 14.5 Å². The van der Waals surface area contributed by atoms with Crippen LogP contribution in [-0.4, -0.2) is 35.5 Å². The summed E-state index contributed by atoms with van der Waals surface area (Å²) >= 11 is 1.17. The zero-order valence-electron chi connectivity index (χ0n) is 9.35. The lowest BCUT2D eigenvalue weighted by Crippen LogP contribution is -2.55. The molecule has 6 heteroatoms. The molecule has 0 aromatic rings. The van der Waals surface area contributed by atoms with E-state index in [4.69, 9.17) is 9.47 Å². The van der Waals surface area contributed by atoms with Gasteiger partial charge in [0.2, 0.25) is 11.0 Å². The molecule has 0 aromatic heterocycles. The third kappa shape index (κ3) is 1.32. The van der Waals surface area contributed by atoms with Gasteiger partial charge in [0.05, 0.1) is 20.1 Å². The highest BCUT2D eigenvalue weighted by Crippen LogP contribution is 2.48. The smallest absolute Gasteiger partial charge is 0.308 e. The van der Waals surface area contributed by atoms with Gasteiger partial charge >= 0.3 is 5.95 Å². The molecule has 0 bridgehead atoms. The second-order valence-electron chi connectivity index (χ2n) is 3.56. The Labute approximate surface area is 97.8 Å². The van der Waals surface area contributed by atoms with Crippen LogP contribution in [0.1, 0.15) is 13.3 Å². The minimum absolute atomic E-state index is 0.0209. The number of methoxy groups -OCH3 is 2. The molecule has 2 aliphatic heterocycles. The highest BCUT2D eigenvalue weighted by Gasteiger charge is 2.57. The Balaban J connectivity index is 2.34. The lowest BCUT2D eigenvalue weighted by molar-refractivity contribution is -0.147. The van der Waals surface area contributed by atoms with Gasteiger partial charge in [-0.15, -0.1) is 0 Å². The average Bonchev–Trinajstić information content (AvgIpc) is 2.56. The van der Waals surface area contributed by atoms with E-state index in [9.17, 15) is 9.59 Å². The van der Waals surface area contributed by atoms with Crippen LogP contribution >= 0.6 is 11.8 Å². The van der Waals surface area contributed by atoms with Crippen LogP contribution in [0, 0.1) is 5.92 Å². The Kier molecular flexibility index (Phi) is 2.84. The molecule has 2 aliphatic rings. The van der Waals surface area contributed by atoms with Crippen molar-refractivity contribution in [2.24, 2.45) is 5.92 Å². The van der Waals surface area contributed by atoms with Crippen molar-refractivity contribution < 1.29 is 19.1 Å². The number of ether oxygens (including phenoxy) is 2. The summed E-state index contributed by atoms with van der Waals surface area (Å²) in [5.41, 5.74) is 0.245. The van der Waals surface area contributed by atoms with Crippen LogP contribution in [0.4, 0.5) is 0 Å². The highest BCUT2D eigenvalue weighted by molar-refractivity contribution is 8.15. The number of carbonyl (C=O) groups excluding carboxylic acids is 2. The summed E-state index contributed by atoms with van der Waals surface area (Å²) in [6.45, 7) is 1.94. The number of hydrogen-bond donors (Lipinski definition) is 0. The van der Waals surface area contributed by atoms with Gasteiger partial charge in [-0.25, -0.2) is 0 Å². The molecule has 2 heterocycles. The normalized spacial score (nSPS) is 27.7. The summed E-state index contributed by atoms with van der Waals surface area (Å²) in [7, 11) is 2.83. The van der Waals surface area contributed by atoms with Crippen LogP contribution in [0.25, 0.3) is 0 Å². The van der Waals surface area contributed by atoms with E-state index in [-0.39, 0.29) is 34.0 Å². The molecule has 2 saturated heterocycles. The minimum Gasteiger partial charge on any atom is -0.467 e. The third-order valence-corrected chi connectivity index (χ3v) is 4.01. The molecule has 0 radical (unpaired) electrons. The fraction of sp³-hybridized carbons (Fsp3) is 0.600. The number of carbonyl (C=O) groups is 2. The predicted molar refractivity (Wildman–Crippen MR) is 58.1 cm³/mol. The molecule has 0 saturated carbocycles. The summed E-state index contributed by atoms with van der Waals surface area (Å²) < 4.78 is 9.91. The highest BCUT2D eigenvalue weighted by atomic mass is 32.2. The Morgan fingerprint density at radius 2 is 2.00 bits per heavy atom. The SMILES string of the molecule is CC[C@H]1C(=O)N2C(=C(OC)OC)C(=O)S[C@H]12. The number of fused-ring (bicyclic) bond motifs is 1. The summed E-state index contributed by atoms with van der Waals surface area (Å²) in [6, 6.07) is 0. The van der Waals surface area contributed by atoms with Gasteiger partial charge in [0.25, 0.3) is 0 Å². The van der Waals surface area contributed by atoms with Crippen LogP contribution in [0.2, 0.25) is 0 Å². The quantitative estimate of drug-likeness (QED) is 0.419. The first-order valence-electron chi connectivity index (χ1n) is 5.02. The first-order chi connectivity index (χ1) is 7.65. The maximum Gasteiger partial charge on any atom is 0.308 e. The first-order valence-corrected chi connectivity index (χ1v) is 5.90. The summed E-state index contributed by atoms with van der Waals surface area (Å²) in [6.07, 6.45) is 0.753. The Bertz CT molecular complexity index is 373. The van der Waals surface area contributed by atoms with E-state index in [1.54, 1.807) is 0 Å². The zero-order chi connectivity index (χ0) is 11.9. The molecule has 88 valence electrons. The van der Waals surface area contributed by atoms with Crippen LogP contribution in [0.3, 0.4) is 0 Å². The van der Waals surface area contributed by atoms with E-state index in [2.05, 4.69) is 0 Å². The van der Waals surface area contributed by atoms with Crippen molar-refractivity contribution in [2.75, 3.05) is 14.2 Å². The van der Waals surface area contributed by atoms with Crippen molar-refractivity contribution >= 4 is 22.8 Å². The largest absolute Gasteiger partial charge is 0.467 e. The molecule has 2 rings (SSSR count). The number of amides is 1. The molecule has 16 heavy (non-hydrogen) atoms. The van der Waals surface area contributed by atoms with Gasteiger partial charge in [0.15, 0.2) is 5.70 Å². The van der Waals surface area contributed by atoms with Crippen LogP contribution in [-0.2, 0) is 19.1 Å². The standard InChI is InChI=1S/C10H13NO4S/c1-4-5-7(12)11-6(10(14-2)15-3)9(13)16-8(5)11/h5,8H,4H2,1-3H3/t5-,8+/m0/s1. The van der Waals surface area contributed by atoms with E-state index in [0.29, 0.717) is 0 Å². The Morgan fingerprint density at radius 1 is 1.38 bits per heavy atom. The Morgan fingerprint density at radius 3 is 2.50 bits per heavy atom. The predicted octanol–water partition coefficient (Wildman–Crippen LogP) is 0.916. The number of thioether (sulfide) groups is 1. The van der Waals surface area contributed by atoms with Gasteiger partial charge in [0.1, 0.15) is 5.37 Å². The van der Waals surface area contributed by atoms with E-state index >= 15 is 0 Å². The van der Waals surface area contributed by atoms with Crippen molar-refractivity contribution in [2.45, 2.75) is 18.7 Å². The van der Waals surface area contributed by atoms with Gasteiger partial charge < -0.3 is 9.47 Å². The van der Waals surface area contributed by atoms with E-state index in [1.165, 1.54) is 30.9 Å². The van der Waals surface area contributed by atoms with E-state index < -0.39 is 0 Å². The molecular weight excluding hydrogens is 230 g/mol. The molecule has 5 nitrogen and oxygen atoms in total. The third-order valence-electron chi connectivity index (χ3n) is 2.82. The van der Waals surface area contributed by atoms with E-state index in [0.717, 1.165) is 6.42 Å². The summed E-state index contributed by atoms with van der Waals surface area (Å²) in [5, 5.41) is -0.228. The van der Waals surface area contributed by atoms with Crippen LogP contribution < -0.4 is 0 Å². The van der Waals surface area contributed by atoms with Gasteiger partial charge in [0, 0.05) is 0 Å². The van der Waals surface area contributed by atoms with Crippen molar-refractivity contribution in [3.63, 3.8) is 0 Å². The van der Waals surface area contributed by atoms with Crippen molar-refractivity contribution in [1.29, 1.82) is 0 Å². The fourth-order valence-corrected chi connectivity index (χ4v) is 3.30.